The Morgan fingerprint density at radius 3 is 2.50 bits per heavy atom. The minimum absolute atomic E-state index is 0. The summed E-state index contributed by atoms with van der Waals surface area (Å²) in [5, 5.41) is 19.4. The fourth-order valence-electron chi connectivity index (χ4n) is 0.672. The number of benzene rings is 1. The van der Waals surface area contributed by atoms with Crippen molar-refractivity contribution >= 4 is 17.6 Å². The number of carboxylic acids is 1. The van der Waals surface area contributed by atoms with Gasteiger partial charge < -0.3 is 15.0 Å². The van der Waals surface area contributed by atoms with Crippen LogP contribution in [-0.4, -0.2) is 11.1 Å². The van der Waals surface area contributed by atoms with Crippen LogP contribution in [0.15, 0.2) is 18.2 Å². The minimum atomic E-state index is -1.44. The molecule has 58 valence electrons. The molecule has 3 nitrogen and oxygen atoms in total. The van der Waals surface area contributed by atoms with Gasteiger partial charge in [-0.25, -0.2) is 0 Å². The van der Waals surface area contributed by atoms with Crippen LogP contribution in [0.5, 0.6) is 5.75 Å². The van der Waals surface area contributed by atoms with E-state index in [0.717, 1.165) is 6.07 Å². The second-order valence-corrected chi connectivity index (χ2v) is 2.39. The van der Waals surface area contributed by atoms with Gasteiger partial charge in [0.05, 0.1) is 5.97 Å². The van der Waals surface area contributed by atoms with Crippen molar-refractivity contribution in [1.29, 1.82) is 0 Å². The van der Waals surface area contributed by atoms with Gasteiger partial charge >= 0.3 is 29.6 Å². The van der Waals surface area contributed by atoms with E-state index in [1.165, 1.54) is 12.1 Å². The second kappa shape index (κ2) is 4.72. The van der Waals surface area contributed by atoms with Crippen molar-refractivity contribution in [3.63, 3.8) is 0 Å². The van der Waals surface area contributed by atoms with Gasteiger partial charge in [-0.3, -0.25) is 0 Å². The SMILES string of the molecule is O=C([O-])c1cc(Cl)ccc1O.[Na+]. The average Bonchev–Trinajstić information content (AvgIpc) is 1.94. The maximum absolute atomic E-state index is 10.2. The molecule has 0 radical (unpaired) electrons. The number of carbonyl (C=O) groups excluding carboxylic acids is 1. The van der Waals surface area contributed by atoms with E-state index in [1.807, 2.05) is 0 Å². The standard InChI is InChI=1S/C7H5ClO3.Na/c8-4-1-2-6(9)5(3-4)7(10)11;/h1-3,9H,(H,10,11);/q;+1/p-1. The Labute approximate surface area is 96.3 Å². The third-order valence-corrected chi connectivity index (χ3v) is 1.41. The largest absolute Gasteiger partial charge is 1.00 e. The van der Waals surface area contributed by atoms with Crippen molar-refractivity contribution in [2.75, 3.05) is 0 Å². The number of halogens is 1. The van der Waals surface area contributed by atoms with Gasteiger partial charge in [0.15, 0.2) is 0 Å². The van der Waals surface area contributed by atoms with Crippen molar-refractivity contribution in [3.8, 4) is 5.75 Å². The van der Waals surface area contributed by atoms with Crippen LogP contribution < -0.4 is 34.7 Å². The molecule has 0 heterocycles. The number of carbonyl (C=O) groups is 1. The van der Waals surface area contributed by atoms with Crippen LogP contribution in [0.4, 0.5) is 0 Å². The number of hydrogen-bond donors (Lipinski definition) is 1. The maximum Gasteiger partial charge on any atom is 1.00 e. The summed E-state index contributed by atoms with van der Waals surface area (Å²) in [5.74, 6) is -1.78. The molecule has 0 aromatic heterocycles. The first-order chi connectivity index (χ1) is 5.11. The van der Waals surface area contributed by atoms with E-state index in [1.54, 1.807) is 0 Å². The summed E-state index contributed by atoms with van der Waals surface area (Å²) < 4.78 is 0. The molecule has 0 aliphatic heterocycles. The van der Waals surface area contributed by atoms with Gasteiger partial charge in [0, 0.05) is 10.6 Å². The van der Waals surface area contributed by atoms with Crippen LogP contribution >= 0.6 is 11.6 Å². The molecule has 1 aromatic carbocycles. The Morgan fingerprint density at radius 1 is 1.50 bits per heavy atom. The van der Waals surface area contributed by atoms with Crippen LogP contribution in [0.3, 0.4) is 0 Å². The van der Waals surface area contributed by atoms with Crippen LogP contribution in [0.1, 0.15) is 10.4 Å². The first-order valence-electron chi connectivity index (χ1n) is 2.81. The van der Waals surface area contributed by atoms with Gasteiger partial charge in [-0.1, -0.05) is 11.6 Å². The molecular weight excluding hydrogens is 191 g/mol. The monoisotopic (exact) mass is 194 g/mol. The van der Waals surface area contributed by atoms with Gasteiger partial charge in [0.25, 0.3) is 0 Å². The predicted octanol–water partition coefficient (Wildman–Crippen LogP) is -2.59. The summed E-state index contributed by atoms with van der Waals surface area (Å²) in [6.45, 7) is 0. The number of phenols is 1. The van der Waals surface area contributed by atoms with Crippen LogP contribution in [0, 0.1) is 0 Å². The van der Waals surface area contributed by atoms with E-state index in [-0.39, 0.29) is 45.9 Å². The van der Waals surface area contributed by atoms with Gasteiger partial charge in [-0.2, -0.15) is 0 Å². The van der Waals surface area contributed by atoms with Crippen molar-refractivity contribution < 1.29 is 44.6 Å². The van der Waals surface area contributed by atoms with Gasteiger partial charge in [-0.05, 0) is 18.2 Å². The molecule has 0 spiro atoms. The smallest absolute Gasteiger partial charge is 0.545 e. The first kappa shape index (κ1) is 11.8. The van der Waals surface area contributed by atoms with Gasteiger partial charge in [0.1, 0.15) is 5.75 Å². The van der Waals surface area contributed by atoms with Crippen LogP contribution in [0.25, 0.3) is 0 Å². The van der Waals surface area contributed by atoms with E-state index in [2.05, 4.69) is 0 Å². The molecule has 1 N–H and O–H groups in total. The summed E-state index contributed by atoms with van der Waals surface area (Å²) in [4.78, 5) is 10.2. The number of carboxylic acid groups (broad SMARTS) is 1. The Hall–Kier alpha value is -0.220. The zero-order chi connectivity index (χ0) is 8.43. The van der Waals surface area contributed by atoms with Gasteiger partial charge in [0.2, 0.25) is 0 Å². The van der Waals surface area contributed by atoms with Gasteiger partial charge in [-0.15, -0.1) is 0 Å². The predicted molar refractivity (Wildman–Crippen MR) is 37.4 cm³/mol. The first-order valence-corrected chi connectivity index (χ1v) is 3.19. The second-order valence-electron chi connectivity index (χ2n) is 1.95. The van der Waals surface area contributed by atoms with Crippen molar-refractivity contribution in [2.45, 2.75) is 0 Å². The topological polar surface area (TPSA) is 60.4 Å². The number of rotatable bonds is 1. The van der Waals surface area contributed by atoms with E-state index >= 15 is 0 Å². The van der Waals surface area contributed by atoms with E-state index in [4.69, 9.17) is 16.7 Å². The van der Waals surface area contributed by atoms with Crippen LogP contribution in [0.2, 0.25) is 5.02 Å². The van der Waals surface area contributed by atoms with Crippen molar-refractivity contribution in [3.05, 3.63) is 28.8 Å². The van der Waals surface area contributed by atoms with Crippen molar-refractivity contribution in [1.82, 2.24) is 0 Å². The Bertz CT molecular complexity index is 301. The fourth-order valence-corrected chi connectivity index (χ4v) is 0.844. The molecule has 0 amide bonds. The molecule has 0 atom stereocenters. The molecule has 0 aliphatic carbocycles. The zero-order valence-corrected chi connectivity index (χ0v) is 9.13. The third kappa shape index (κ3) is 2.68. The molecule has 0 saturated heterocycles. The maximum atomic E-state index is 10.2. The van der Waals surface area contributed by atoms with E-state index in [9.17, 15) is 9.90 Å². The van der Waals surface area contributed by atoms with Crippen LogP contribution in [-0.2, 0) is 0 Å². The minimum Gasteiger partial charge on any atom is -0.545 e. The fraction of sp³-hybridized carbons (Fsp3) is 0. The number of hydrogen-bond acceptors (Lipinski definition) is 3. The summed E-state index contributed by atoms with van der Waals surface area (Å²) in [5.41, 5.74) is -0.294. The molecule has 12 heavy (non-hydrogen) atoms. The zero-order valence-electron chi connectivity index (χ0n) is 6.37. The summed E-state index contributed by atoms with van der Waals surface area (Å²) in [6.07, 6.45) is 0. The molecule has 0 bridgehead atoms. The molecule has 1 rings (SSSR count). The summed E-state index contributed by atoms with van der Waals surface area (Å²) in [7, 11) is 0. The molecule has 0 fully saturated rings. The number of aromatic carboxylic acids is 1. The quantitative estimate of drug-likeness (QED) is 0.500. The average molecular weight is 195 g/mol. The normalized spacial score (nSPS) is 8.75. The van der Waals surface area contributed by atoms with E-state index < -0.39 is 5.97 Å². The van der Waals surface area contributed by atoms with Crippen molar-refractivity contribution in [2.24, 2.45) is 0 Å². The van der Waals surface area contributed by atoms with E-state index in [0.29, 0.717) is 0 Å². The molecule has 0 aliphatic rings. The Kier molecular flexibility index (Phi) is 4.63. The number of aromatic hydroxyl groups is 1. The Balaban J connectivity index is 0.00000121. The summed E-state index contributed by atoms with van der Waals surface area (Å²) >= 11 is 5.46. The third-order valence-electron chi connectivity index (χ3n) is 1.18. The Morgan fingerprint density at radius 2 is 2.08 bits per heavy atom. The summed E-state index contributed by atoms with van der Waals surface area (Å²) in [6, 6.07) is 3.73. The molecule has 1 aromatic rings. The molecule has 0 saturated carbocycles. The molecule has 0 unspecified atom stereocenters. The molecular formula is C7H4ClNaO3. The molecule has 5 heteroatoms.